The van der Waals surface area contributed by atoms with E-state index in [1.165, 1.54) is 11.1 Å². The maximum absolute atomic E-state index is 12.3. The van der Waals surface area contributed by atoms with Gasteiger partial charge >= 0.3 is 0 Å². The normalized spacial score (nSPS) is 16.1. The largest absolute Gasteiger partial charge is 0.355 e. The average Bonchev–Trinajstić information content (AvgIpc) is 2.73. The van der Waals surface area contributed by atoms with Crippen molar-refractivity contribution in [3.05, 3.63) is 71.3 Å². The van der Waals surface area contributed by atoms with E-state index in [1.807, 2.05) is 37.4 Å². The van der Waals surface area contributed by atoms with Gasteiger partial charge < -0.3 is 10.2 Å². The lowest BCUT2D eigenvalue weighted by molar-refractivity contribution is 0.172. The lowest BCUT2D eigenvalue weighted by Gasteiger charge is -2.36. The predicted octanol–water partition coefficient (Wildman–Crippen LogP) is 3.25. The Labute approximate surface area is 200 Å². The number of hydrogen-bond acceptors (Lipinski definition) is 3. The Morgan fingerprint density at radius 1 is 1.03 bits per heavy atom. The molecule has 1 N–H and O–H groups in total. The highest BCUT2D eigenvalue weighted by atomic mass is 127. The number of piperazine rings is 1. The molecule has 0 aromatic heterocycles. The molecule has 30 heavy (non-hydrogen) atoms. The van der Waals surface area contributed by atoms with Crippen LogP contribution in [0.1, 0.15) is 16.7 Å². The third kappa shape index (κ3) is 8.00. The number of nitrogens with zero attached hydrogens (tertiary/aromatic N) is 3. The van der Waals surface area contributed by atoms with E-state index in [0.29, 0.717) is 18.1 Å². The minimum absolute atomic E-state index is 0. The molecule has 0 spiro atoms. The topological polar surface area (TPSA) is 47.9 Å². The van der Waals surface area contributed by atoms with Gasteiger partial charge in [-0.3, -0.25) is 14.1 Å². The van der Waals surface area contributed by atoms with Crippen LogP contribution in [-0.2, 0) is 23.1 Å². The quantitative estimate of drug-likeness (QED) is 0.333. The number of guanidine groups is 1. The van der Waals surface area contributed by atoms with Gasteiger partial charge in [-0.25, -0.2) is 0 Å². The van der Waals surface area contributed by atoms with Crippen molar-refractivity contribution in [2.75, 3.05) is 45.5 Å². The molecular formula is C23H33IN4OS. The molecule has 1 fully saturated rings. The van der Waals surface area contributed by atoms with Gasteiger partial charge in [-0.2, -0.15) is 0 Å². The van der Waals surface area contributed by atoms with Gasteiger partial charge in [0.05, 0.1) is 0 Å². The second-order valence-electron chi connectivity index (χ2n) is 7.50. The fourth-order valence-electron chi connectivity index (χ4n) is 3.63. The van der Waals surface area contributed by atoms with Gasteiger partial charge in [-0.15, -0.1) is 24.0 Å². The maximum Gasteiger partial charge on any atom is 0.193 e. The molecule has 0 bridgehead atoms. The molecule has 0 amide bonds. The van der Waals surface area contributed by atoms with E-state index >= 15 is 0 Å². The molecule has 2 aromatic carbocycles. The Kier molecular flexibility index (Phi) is 10.8. The average molecular weight is 541 g/mol. The van der Waals surface area contributed by atoms with Crippen molar-refractivity contribution in [1.29, 1.82) is 0 Å². The summed E-state index contributed by atoms with van der Waals surface area (Å²) in [6.45, 7) is 7.78. The maximum atomic E-state index is 12.3. The SMILES string of the molecule is CN=C(NCCS(=O)Cc1ccccc1)N1CCN(Cc2cccc(C)c2)CC1.I. The van der Waals surface area contributed by atoms with Gasteiger partial charge in [-0.1, -0.05) is 60.2 Å². The van der Waals surface area contributed by atoms with Crippen LogP contribution >= 0.6 is 24.0 Å². The van der Waals surface area contributed by atoms with E-state index < -0.39 is 10.8 Å². The van der Waals surface area contributed by atoms with E-state index in [9.17, 15) is 4.21 Å². The van der Waals surface area contributed by atoms with Crippen molar-refractivity contribution in [3.8, 4) is 0 Å². The van der Waals surface area contributed by atoms with Crippen LogP contribution in [0.2, 0.25) is 0 Å². The highest BCUT2D eigenvalue weighted by Crippen LogP contribution is 2.10. The van der Waals surface area contributed by atoms with Gasteiger partial charge in [0.2, 0.25) is 0 Å². The molecule has 0 aliphatic carbocycles. The third-order valence-corrected chi connectivity index (χ3v) is 6.47. The molecule has 3 rings (SSSR count). The van der Waals surface area contributed by atoms with E-state index in [-0.39, 0.29) is 24.0 Å². The zero-order valence-electron chi connectivity index (χ0n) is 17.9. The summed E-state index contributed by atoms with van der Waals surface area (Å²) in [6.07, 6.45) is 0. The standard InChI is InChI=1S/C23H32N4OS.HI/c1-20-7-6-10-22(17-20)18-26-12-14-27(15-13-26)23(24-2)25-11-16-29(28)19-21-8-4-3-5-9-21;/h3-10,17H,11-16,18-19H2,1-2H3,(H,24,25);1H. The Hall–Kier alpha value is -1.45. The first-order chi connectivity index (χ1) is 14.1. The fraction of sp³-hybridized carbons (Fsp3) is 0.435. The molecule has 0 saturated carbocycles. The first-order valence-electron chi connectivity index (χ1n) is 10.3. The summed E-state index contributed by atoms with van der Waals surface area (Å²) >= 11 is 0. The van der Waals surface area contributed by atoms with E-state index in [2.05, 4.69) is 51.3 Å². The summed E-state index contributed by atoms with van der Waals surface area (Å²) in [5.74, 6) is 2.15. The zero-order valence-corrected chi connectivity index (χ0v) is 21.1. The first kappa shape index (κ1) is 24.8. The summed E-state index contributed by atoms with van der Waals surface area (Å²) in [6, 6.07) is 18.8. The van der Waals surface area contributed by atoms with Gasteiger partial charge in [0.1, 0.15) is 0 Å². The van der Waals surface area contributed by atoms with Crippen LogP contribution < -0.4 is 5.32 Å². The monoisotopic (exact) mass is 540 g/mol. The van der Waals surface area contributed by atoms with Crippen molar-refractivity contribution >= 4 is 40.7 Å². The molecule has 0 radical (unpaired) electrons. The second kappa shape index (κ2) is 13.1. The summed E-state index contributed by atoms with van der Waals surface area (Å²) in [7, 11) is 0.953. The molecule has 164 valence electrons. The summed E-state index contributed by atoms with van der Waals surface area (Å²) in [4.78, 5) is 9.22. The van der Waals surface area contributed by atoms with Crippen LogP contribution in [0.15, 0.2) is 59.6 Å². The molecule has 1 atom stereocenters. The Morgan fingerprint density at radius 3 is 2.40 bits per heavy atom. The van der Waals surface area contributed by atoms with Gasteiger partial charge in [0, 0.05) is 68.6 Å². The van der Waals surface area contributed by atoms with Crippen LogP contribution in [0.5, 0.6) is 0 Å². The fourth-order valence-corrected chi connectivity index (χ4v) is 4.67. The lowest BCUT2D eigenvalue weighted by atomic mass is 10.1. The van der Waals surface area contributed by atoms with Gasteiger partial charge in [-0.05, 0) is 18.1 Å². The molecule has 2 aromatic rings. The summed E-state index contributed by atoms with van der Waals surface area (Å²) in [5.41, 5.74) is 3.82. The molecule has 7 heteroatoms. The Balaban J connectivity index is 0.00000320. The van der Waals surface area contributed by atoms with Crippen molar-refractivity contribution in [1.82, 2.24) is 15.1 Å². The Morgan fingerprint density at radius 2 is 1.73 bits per heavy atom. The first-order valence-corrected chi connectivity index (χ1v) is 11.8. The highest BCUT2D eigenvalue weighted by molar-refractivity contribution is 14.0. The lowest BCUT2D eigenvalue weighted by Crippen LogP contribution is -2.52. The number of benzene rings is 2. The number of hydrogen-bond donors (Lipinski definition) is 1. The minimum atomic E-state index is -0.869. The molecule has 5 nitrogen and oxygen atoms in total. The van der Waals surface area contributed by atoms with Crippen molar-refractivity contribution in [2.45, 2.75) is 19.2 Å². The zero-order chi connectivity index (χ0) is 20.5. The van der Waals surface area contributed by atoms with Crippen LogP contribution in [0.3, 0.4) is 0 Å². The smallest absolute Gasteiger partial charge is 0.193 e. The van der Waals surface area contributed by atoms with Crippen LogP contribution in [0.4, 0.5) is 0 Å². The van der Waals surface area contributed by atoms with Crippen molar-refractivity contribution in [2.24, 2.45) is 4.99 Å². The minimum Gasteiger partial charge on any atom is -0.355 e. The molecule has 1 aliphatic heterocycles. The molecular weight excluding hydrogens is 507 g/mol. The highest BCUT2D eigenvalue weighted by Gasteiger charge is 2.19. The number of aliphatic imine (C=N–C) groups is 1. The van der Waals surface area contributed by atoms with Crippen molar-refractivity contribution in [3.63, 3.8) is 0 Å². The molecule has 1 heterocycles. The summed E-state index contributed by atoms with van der Waals surface area (Å²) < 4.78 is 12.3. The third-order valence-electron chi connectivity index (χ3n) is 5.16. The van der Waals surface area contributed by atoms with Crippen LogP contribution in [0.25, 0.3) is 0 Å². The number of rotatable bonds is 7. The molecule has 1 unspecified atom stereocenters. The number of aryl methyl sites for hydroxylation is 1. The second-order valence-corrected chi connectivity index (χ2v) is 9.08. The van der Waals surface area contributed by atoms with Gasteiger partial charge in [0.25, 0.3) is 0 Å². The molecule has 1 aliphatic rings. The summed E-state index contributed by atoms with van der Waals surface area (Å²) in [5, 5.41) is 3.39. The van der Waals surface area contributed by atoms with E-state index in [1.54, 1.807) is 0 Å². The van der Waals surface area contributed by atoms with Gasteiger partial charge in [0.15, 0.2) is 5.96 Å². The van der Waals surface area contributed by atoms with Crippen molar-refractivity contribution < 1.29 is 4.21 Å². The predicted molar refractivity (Wildman–Crippen MR) is 138 cm³/mol. The van der Waals surface area contributed by atoms with E-state index in [0.717, 1.165) is 44.2 Å². The molecule has 1 saturated heterocycles. The van der Waals surface area contributed by atoms with E-state index in [4.69, 9.17) is 0 Å². The number of halogens is 1. The van der Waals surface area contributed by atoms with Crippen LogP contribution in [-0.4, -0.2) is 65.5 Å². The number of nitrogens with one attached hydrogen (secondary N) is 1. The Bertz CT molecular complexity index is 823. The van der Waals surface area contributed by atoms with Crippen LogP contribution in [0, 0.1) is 6.92 Å².